The fourth-order valence-electron chi connectivity index (χ4n) is 3.09. The molecule has 1 aliphatic rings. The van der Waals surface area contributed by atoms with Gasteiger partial charge in [-0.15, -0.1) is 35.3 Å². The van der Waals surface area contributed by atoms with E-state index in [1.165, 1.54) is 30.6 Å². The second kappa shape index (κ2) is 12.5. The number of halogens is 1. The summed E-state index contributed by atoms with van der Waals surface area (Å²) in [6.45, 7) is 6.23. The summed E-state index contributed by atoms with van der Waals surface area (Å²) in [5.41, 5.74) is 1.12. The Bertz CT molecular complexity index is 565. The zero-order valence-electron chi connectivity index (χ0n) is 16.1. The van der Waals surface area contributed by atoms with Crippen molar-refractivity contribution in [2.75, 3.05) is 26.7 Å². The Kier molecular flexibility index (Phi) is 11.1. The van der Waals surface area contributed by atoms with Gasteiger partial charge < -0.3 is 16.0 Å². The van der Waals surface area contributed by atoms with Crippen molar-refractivity contribution in [2.45, 2.75) is 52.4 Å². The molecule has 2 rings (SSSR count). The van der Waals surface area contributed by atoms with E-state index in [0.717, 1.165) is 29.6 Å². The van der Waals surface area contributed by atoms with Crippen LogP contribution in [0.15, 0.2) is 4.99 Å². The van der Waals surface area contributed by atoms with Crippen molar-refractivity contribution in [1.29, 1.82) is 0 Å². The van der Waals surface area contributed by atoms with Crippen LogP contribution in [0.2, 0.25) is 0 Å². The molecule has 0 aliphatic heterocycles. The number of aromatic nitrogens is 1. The van der Waals surface area contributed by atoms with Crippen molar-refractivity contribution >= 4 is 47.2 Å². The number of hydrogen-bond acceptors (Lipinski definition) is 4. The quantitative estimate of drug-likeness (QED) is 0.225. The zero-order valence-corrected chi connectivity index (χ0v) is 19.2. The van der Waals surface area contributed by atoms with Crippen LogP contribution in [0.1, 0.15) is 47.7 Å². The van der Waals surface area contributed by atoms with E-state index in [0.29, 0.717) is 25.4 Å². The van der Waals surface area contributed by atoms with Gasteiger partial charge in [-0.1, -0.05) is 12.8 Å². The molecular weight excluding hydrogens is 461 g/mol. The molecule has 0 radical (unpaired) electrons. The molecule has 0 aromatic carbocycles. The van der Waals surface area contributed by atoms with E-state index in [4.69, 9.17) is 0 Å². The minimum atomic E-state index is 0. The standard InChI is InChI=1S/C18H31N5OS.HI/c1-13-14(2)25-17(23-13)8-9-21-18(19-3)22-11-10-20-16(24)12-15-6-4-5-7-15;/h15H,4-12H2,1-3H3,(H,20,24)(H2,19,21,22);1H. The van der Waals surface area contributed by atoms with Gasteiger partial charge in [-0.25, -0.2) is 4.98 Å². The predicted octanol–water partition coefficient (Wildman–Crippen LogP) is 2.78. The Morgan fingerprint density at radius 1 is 1.15 bits per heavy atom. The van der Waals surface area contributed by atoms with Crippen molar-refractivity contribution in [3.63, 3.8) is 0 Å². The van der Waals surface area contributed by atoms with Crippen LogP contribution < -0.4 is 16.0 Å². The van der Waals surface area contributed by atoms with Crippen molar-refractivity contribution in [3.05, 3.63) is 15.6 Å². The van der Waals surface area contributed by atoms with Crippen LogP contribution in [0.4, 0.5) is 0 Å². The van der Waals surface area contributed by atoms with E-state index < -0.39 is 0 Å². The van der Waals surface area contributed by atoms with Gasteiger partial charge in [0.1, 0.15) is 0 Å². The second-order valence-electron chi connectivity index (χ2n) is 6.63. The molecule has 0 bridgehead atoms. The molecule has 1 fully saturated rings. The maximum Gasteiger partial charge on any atom is 0.220 e. The molecule has 0 unspecified atom stereocenters. The average molecular weight is 493 g/mol. The first-order chi connectivity index (χ1) is 12.1. The number of carbonyl (C=O) groups excluding carboxylic acids is 1. The monoisotopic (exact) mass is 493 g/mol. The maximum absolute atomic E-state index is 11.9. The number of aryl methyl sites for hydroxylation is 2. The van der Waals surface area contributed by atoms with E-state index in [2.05, 4.69) is 32.9 Å². The van der Waals surface area contributed by atoms with Crippen LogP contribution in [-0.4, -0.2) is 43.5 Å². The lowest BCUT2D eigenvalue weighted by Crippen LogP contribution is -2.42. The zero-order chi connectivity index (χ0) is 18.1. The largest absolute Gasteiger partial charge is 0.356 e. The molecule has 148 valence electrons. The minimum absolute atomic E-state index is 0. The molecule has 8 heteroatoms. The van der Waals surface area contributed by atoms with Crippen molar-refractivity contribution < 1.29 is 4.79 Å². The number of rotatable bonds is 8. The molecule has 1 saturated carbocycles. The maximum atomic E-state index is 11.9. The number of thiazole rings is 1. The highest BCUT2D eigenvalue weighted by Gasteiger charge is 2.17. The van der Waals surface area contributed by atoms with Gasteiger partial charge in [0.2, 0.25) is 5.91 Å². The molecule has 1 aromatic rings. The Morgan fingerprint density at radius 2 is 1.81 bits per heavy atom. The van der Waals surface area contributed by atoms with Crippen LogP contribution in [0.3, 0.4) is 0 Å². The van der Waals surface area contributed by atoms with Gasteiger partial charge in [0.15, 0.2) is 5.96 Å². The molecule has 3 N–H and O–H groups in total. The molecule has 0 atom stereocenters. The van der Waals surface area contributed by atoms with E-state index in [1.54, 1.807) is 18.4 Å². The first kappa shape index (κ1) is 23.1. The van der Waals surface area contributed by atoms with Gasteiger partial charge in [0.25, 0.3) is 0 Å². The molecule has 0 saturated heterocycles. The van der Waals surface area contributed by atoms with Crippen LogP contribution in [0.25, 0.3) is 0 Å². The summed E-state index contributed by atoms with van der Waals surface area (Å²) in [6, 6.07) is 0. The normalized spacial score (nSPS) is 14.8. The Labute approximate surface area is 178 Å². The summed E-state index contributed by atoms with van der Waals surface area (Å²) in [6.07, 6.45) is 6.54. The van der Waals surface area contributed by atoms with Crippen LogP contribution in [-0.2, 0) is 11.2 Å². The molecule has 1 heterocycles. The minimum Gasteiger partial charge on any atom is -0.356 e. The Balaban J connectivity index is 0.00000338. The molecular formula is C18H32IN5OS. The number of nitrogens with one attached hydrogen (secondary N) is 3. The summed E-state index contributed by atoms with van der Waals surface area (Å²) in [5, 5.41) is 10.7. The van der Waals surface area contributed by atoms with E-state index in [9.17, 15) is 4.79 Å². The highest BCUT2D eigenvalue weighted by atomic mass is 127. The number of carbonyl (C=O) groups is 1. The molecule has 1 aromatic heterocycles. The van der Waals surface area contributed by atoms with Gasteiger partial charge >= 0.3 is 0 Å². The topological polar surface area (TPSA) is 78.4 Å². The first-order valence-corrected chi connectivity index (χ1v) is 10.0. The van der Waals surface area contributed by atoms with E-state index in [-0.39, 0.29) is 29.9 Å². The molecule has 1 amide bonds. The molecule has 1 aliphatic carbocycles. The lowest BCUT2D eigenvalue weighted by Gasteiger charge is -2.13. The smallest absolute Gasteiger partial charge is 0.220 e. The Morgan fingerprint density at radius 3 is 2.42 bits per heavy atom. The summed E-state index contributed by atoms with van der Waals surface area (Å²) in [7, 11) is 1.76. The highest BCUT2D eigenvalue weighted by Crippen LogP contribution is 2.27. The summed E-state index contributed by atoms with van der Waals surface area (Å²) in [4.78, 5) is 21.9. The number of hydrogen-bond donors (Lipinski definition) is 3. The summed E-state index contributed by atoms with van der Waals surface area (Å²) in [5.74, 6) is 1.53. The third kappa shape index (κ3) is 8.20. The summed E-state index contributed by atoms with van der Waals surface area (Å²) >= 11 is 1.75. The first-order valence-electron chi connectivity index (χ1n) is 9.22. The van der Waals surface area contributed by atoms with Gasteiger partial charge in [0.05, 0.1) is 10.7 Å². The van der Waals surface area contributed by atoms with Gasteiger partial charge in [-0.2, -0.15) is 0 Å². The Hall–Kier alpha value is -0.900. The van der Waals surface area contributed by atoms with Gasteiger partial charge in [-0.05, 0) is 32.6 Å². The van der Waals surface area contributed by atoms with E-state index in [1.807, 2.05) is 6.92 Å². The number of nitrogens with zero attached hydrogens (tertiary/aromatic N) is 2. The number of aliphatic imine (C=N–C) groups is 1. The lowest BCUT2D eigenvalue weighted by atomic mass is 10.0. The SMILES string of the molecule is CN=C(NCCNC(=O)CC1CCCC1)NCCc1nc(C)c(C)s1.I. The highest BCUT2D eigenvalue weighted by molar-refractivity contribution is 14.0. The van der Waals surface area contributed by atoms with Gasteiger partial charge in [0, 0.05) is 44.4 Å². The third-order valence-corrected chi connectivity index (χ3v) is 5.75. The predicted molar refractivity (Wildman–Crippen MR) is 120 cm³/mol. The summed E-state index contributed by atoms with van der Waals surface area (Å²) < 4.78 is 0. The molecule has 26 heavy (non-hydrogen) atoms. The van der Waals surface area contributed by atoms with Crippen LogP contribution >= 0.6 is 35.3 Å². The molecule has 6 nitrogen and oxygen atoms in total. The lowest BCUT2D eigenvalue weighted by molar-refractivity contribution is -0.121. The molecule has 0 spiro atoms. The third-order valence-electron chi connectivity index (χ3n) is 4.62. The van der Waals surface area contributed by atoms with Crippen molar-refractivity contribution in [2.24, 2.45) is 10.9 Å². The van der Waals surface area contributed by atoms with Gasteiger partial charge in [-0.3, -0.25) is 9.79 Å². The van der Waals surface area contributed by atoms with Crippen molar-refractivity contribution in [3.8, 4) is 0 Å². The fourth-order valence-corrected chi connectivity index (χ4v) is 4.02. The van der Waals surface area contributed by atoms with Crippen molar-refractivity contribution in [1.82, 2.24) is 20.9 Å². The second-order valence-corrected chi connectivity index (χ2v) is 7.92. The fraction of sp³-hybridized carbons (Fsp3) is 0.722. The number of guanidine groups is 1. The van der Waals surface area contributed by atoms with Crippen LogP contribution in [0, 0.1) is 19.8 Å². The number of amides is 1. The van der Waals surface area contributed by atoms with Crippen LogP contribution in [0.5, 0.6) is 0 Å². The average Bonchev–Trinajstić information content (AvgIpc) is 3.20. The van der Waals surface area contributed by atoms with E-state index >= 15 is 0 Å².